The maximum Gasteiger partial charge on any atom is 0.573 e. The lowest BCUT2D eigenvalue weighted by atomic mass is 9.94. The Kier molecular flexibility index (Phi) is 4.97. The molecule has 6 nitrogen and oxygen atoms in total. The molecular weight excluding hydrogens is 387 g/mol. The van der Waals surface area contributed by atoms with Crippen LogP contribution in [0, 0.1) is 0 Å². The molecule has 1 saturated heterocycles. The summed E-state index contributed by atoms with van der Waals surface area (Å²) in [5, 5.41) is 2.94. The minimum Gasteiger partial charge on any atom is -0.406 e. The first-order valence-electron chi connectivity index (χ1n) is 7.77. The summed E-state index contributed by atoms with van der Waals surface area (Å²) in [5.74, 6) is -1.42. The van der Waals surface area contributed by atoms with E-state index in [0.29, 0.717) is 10.6 Å². The van der Waals surface area contributed by atoms with Crippen LogP contribution in [0.4, 0.5) is 23.7 Å². The van der Waals surface area contributed by atoms with Gasteiger partial charge in [0, 0.05) is 18.3 Å². The molecule has 27 heavy (non-hydrogen) atoms. The number of carbonyl (C=O) groups excluding carboxylic acids is 2. The highest BCUT2D eigenvalue weighted by atomic mass is 35.5. The number of imide groups is 1. The number of anilines is 1. The van der Waals surface area contributed by atoms with Gasteiger partial charge in [0.05, 0.1) is 10.7 Å². The summed E-state index contributed by atoms with van der Waals surface area (Å²) in [6.45, 7) is 1.73. The first-order chi connectivity index (χ1) is 12.7. The third-order valence-electron chi connectivity index (χ3n) is 4.09. The maximum absolute atomic E-state index is 12.7. The number of amides is 3. The molecule has 3 amide bonds. The van der Waals surface area contributed by atoms with Crippen molar-refractivity contribution in [1.29, 1.82) is 0 Å². The van der Waals surface area contributed by atoms with Crippen molar-refractivity contribution >= 4 is 29.2 Å². The smallest absolute Gasteiger partial charge is 0.406 e. The van der Waals surface area contributed by atoms with E-state index in [1.54, 1.807) is 13.0 Å². The summed E-state index contributed by atoms with van der Waals surface area (Å²) >= 11 is 6.10. The number of nitrogens with one attached hydrogen (secondary N) is 1. The summed E-state index contributed by atoms with van der Waals surface area (Å²) < 4.78 is 40.5. The van der Waals surface area contributed by atoms with Crippen LogP contribution >= 0.6 is 11.6 Å². The number of hydrogen-bond acceptors (Lipinski definition) is 4. The summed E-state index contributed by atoms with van der Waals surface area (Å²) in [6, 6.07) is 4.56. The SMILES string of the molecule is CC(c1ccncc1Cl)C1NC(=O)N(c2ccc(OC(F)(F)F)cc2)C1=O. The number of carbonyl (C=O) groups is 2. The Balaban J connectivity index is 1.81. The molecule has 142 valence electrons. The van der Waals surface area contributed by atoms with Crippen LogP contribution in [-0.2, 0) is 4.79 Å². The number of nitrogens with zero attached hydrogens (tertiary/aromatic N) is 2. The molecule has 0 spiro atoms. The van der Waals surface area contributed by atoms with Crippen LogP contribution in [0.3, 0.4) is 0 Å². The van der Waals surface area contributed by atoms with Crippen LogP contribution in [0.2, 0.25) is 5.02 Å². The van der Waals surface area contributed by atoms with Crippen LogP contribution in [0.5, 0.6) is 5.75 Å². The molecule has 2 heterocycles. The first-order valence-corrected chi connectivity index (χ1v) is 8.15. The predicted molar refractivity (Wildman–Crippen MR) is 90.6 cm³/mol. The van der Waals surface area contributed by atoms with E-state index in [0.717, 1.165) is 17.0 Å². The molecule has 2 aromatic rings. The molecular formula is C17H13ClF3N3O3. The Morgan fingerprint density at radius 3 is 2.48 bits per heavy atom. The highest BCUT2D eigenvalue weighted by molar-refractivity contribution is 6.31. The molecule has 10 heteroatoms. The molecule has 3 rings (SSSR count). The van der Waals surface area contributed by atoms with Crippen molar-refractivity contribution in [1.82, 2.24) is 10.3 Å². The molecule has 0 bridgehead atoms. The van der Waals surface area contributed by atoms with Crippen molar-refractivity contribution in [3.8, 4) is 5.75 Å². The lowest BCUT2D eigenvalue weighted by Gasteiger charge is -2.19. The van der Waals surface area contributed by atoms with Gasteiger partial charge in [0.25, 0.3) is 5.91 Å². The van der Waals surface area contributed by atoms with Crippen molar-refractivity contribution in [2.75, 3.05) is 4.90 Å². The van der Waals surface area contributed by atoms with Crippen LogP contribution in [-0.4, -0.2) is 29.3 Å². The second kappa shape index (κ2) is 7.07. The van der Waals surface area contributed by atoms with Gasteiger partial charge in [-0.25, -0.2) is 9.69 Å². The van der Waals surface area contributed by atoms with E-state index in [-0.39, 0.29) is 5.69 Å². The van der Waals surface area contributed by atoms with Crippen LogP contribution < -0.4 is 15.0 Å². The summed E-state index contributed by atoms with van der Waals surface area (Å²) in [5.41, 5.74) is 0.767. The lowest BCUT2D eigenvalue weighted by Crippen LogP contribution is -2.35. The van der Waals surface area contributed by atoms with Gasteiger partial charge in [-0.2, -0.15) is 0 Å². The van der Waals surface area contributed by atoms with Crippen molar-refractivity contribution in [3.05, 3.63) is 53.3 Å². The number of aromatic nitrogens is 1. The summed E-state index contributed by atoms with van der Waals surface area (Å²) in [7, 11) is 0. The quantitative estimate of drug-likeness (QED) is 0.792. The maximum atomic E-state index is 12.7. The fourth-order valence-electron chi connectivity index (χ4n) is 2.81. The topological polar surface area (TPSA) is 71.5 Å². The number of halogens is 4. The largest absolute Gasteiger partial charge is 0.573 e. The molecule has 2 atom stereocenters. The van der Waals surface area contributed by atoms with E-state index in [9.17, 15) is 22.8 Å². The van der Waals surface area contributed by atoms with Gasteiger partial charge in [0.15, 0.2) is 0 Å². The average molecular weight is 400 g/mol. The van der Waals surface area contributed by atoms with Crippen LogP contribution in [0.15, 0.2) is 42.7 Å². The molecule has 1 aliphatic rings. The number of rotatable bonds is 4. The Labute approximate surface area is 156 Å². The van der Waals surface area contributed by atoms with Gasteiger partial charge in [-0.15, -0.1) is 13.2 Å². The van der Waals surface area contributed by atoms with Crippen molar-refractivity contribution in [2.24, 2.45) is 0 Å². The average Bonchev–Trinajstić information content (AvgIpc) is 2.89. The molecule has 1 aromatic heterocycles. The van der Waals surface area contributed by atoms with Crippen molar-refractivity contribution < 1.29 is 27.5 Å². The number of urea groups is 1. The predicted octanol–water partition coefficient (Wildman–Crippen LogP) is 3.86. The van der Waals surface area contributed by atoms with E-state index in [4.69, 9.17) is 11.6 Å². The van der Waals surface area contributed by atoms with Crippen molar-refractivity contribution in [3.63, 3.8) is 0 Å². The minimum absolute atomic E-state index is 0.127. The van der Waals surface area contributed by atoms with E-state index >= 15 is 0 Å². The van der Waals surface area contributed by atoms with E-state index in [2.05, 4.69) is 15.0 Å². The minimum atomic E-state index is -4.83. The zero-order chi connectivity index (χ0) is 19.8. The van der Waals surface area contributed by atoms with Gasteiger partial charge in [0.2, 0.25) is 0 Å². The molecule has 0 aliphatic carbocycles. The zero-order valence-corrected chi connectivity index (χ0v) is 14.6. The normalized spacial score (nSPS) is 18.4. The molecule has 1 aromatic carbocycles. The van der Waals surface area contributed by atoms with Crippen LogP contribution in [0.1, 0.15) is 18.4 Å². The van der Waals surface area contributed by atoms with Crippen LogP contribution in [0.25, 0.3) is 0 Å². The standard InChI is InChI=1S/C17H13ClF3N3O3/c1-9(12-6-7-22-8-13(12)18)14-15(25)24(16(26)23-14)10-2-4-11(5-3-10)27-17(19,20)21/h2-9,14H,1H3,(H,23,26). The van der Waals surface area contributed by atoms with E-state index < -0.39 is 36.0 Å². The van der Waals surface area contributed by atoms with Gasteiger partial charge in [-0.1, -0.05) is 18.5 Å². The second-order valence-electron chi connectivity index (χ2n) is 5.83. The molecule has 1 fully saturated rings. The Morgan fingerprint density at radius 1 is 1.22 bits per heavy atom. The number of alkyl halides is 3. The van der Waals surface area contributed by atoms with E-state index in [1.807, 2.05) is 0 Å². The fourth-order valence-corrected chi connectivity index (χ4v) is 3.10. The second-order valence-corrected chi connectivity index (χ2v) is 6.24. The Bertz CT molecular complexity index is 874. The molecule has 0 radical (unpaired) electrons. The molecule has 2 unspecified atom stereocenters. The monoisotopic (exact) mass is 399 g/mol. The third-order valence-corrected chi connectivity index (χ3v) is 4.41. The number of pyridine rings is 1. The zero-order valence-electron chi connectivity index (χ0n) is 13.8. The van der Waals surface area contributed by atoms with Gasteiger partial charge in [-0.05, 0) is 35.9 Å². The summed E-state index contributed by atoms with van der Waals surface area (Å²) in [4.78, 5) is 29.7. The summed E-state index contributed by atoms with van der Waals surface area (Å²) in [6.07, 6.45) is -1.87. The molecule has 1 aliphatic heterocycles. The fraction of sp³-hybridized carbons (Fsp3) is 0.235. The molecule has 1 N–H and O–H groups in total. The third kappa shape index (κ3) is 3.97. The van der Waals surface area contributed by atoms with Crippen molar-refractivity contribution in [2.45, 2.75) is 25.2 Å². The Hall–Kier alpha value is -2.81. The van der Waals surface area contributed by atoms with Gasteiger partial charge in [0.1, 0.15) is 11.8 Å². The highest BCUT2D eigenvalue weighted by Gasteiger charge is 2.42. The lowest BCUT2D eigenvalue weighted by molar-refractivity contribution is -0.274. The van der Waals surface area contributed by atoms with Gasteiger partial charge in [-0.3, -0.25) is 9.78 Å². The van der Waals surface area contributed by atoms with Gasteiger partial charge < -0.3 is 10.1 Å². The highest BCUT2D eigenvalue weighted by Crippen LogP contribution is 2.32. The number of hydrogen-bond donors (Lipinski definition) is 1. The first kappa shape index (κ1) is 19.0. The Morgan fingerprint density at radius 2 is 1.89 bits per heavy atom. The van der Waals surface area contributed by atoms with Gasteiger partial charge >= 0.3 is 12.4 Å². The molecule has 0 saturated carbocycles. The number of ether oxygens (including phenoxy) is 1. The van der Waals surface area contributed by atoms with E-state index in [1.165, 1.54) is 24.5 Å². The number of benzene rings is 1.